The van der Waals surface area contributed by atoms with Gasteiger partial charge in [-0.15, -0.1) is 11.3 Å². The summed E-state index contributed by atoms with van der Waals surface area (Å²) in [7, 11) is 0. The molecule has 1 aliphatic carbocycles. The fourth-order valence-corrected chi connectivity index (χ4v) is 2.70. The lowest BCUT2D eigenvalue weighted by Gasteiger charge is -2.32. The number of nitrogens with one attached hydrogen (secondary N) is 1. The minimum atomic E-state index is -0.455. The Hall–Kier alpha value is -0.450. The lowest BCUT2D eigenvalue weighted by atomic mass is 9.85. The van der Waals surface area contributed by atoms with Gasteiger partial charge in [-0.3, -0.25) is 4.98 Å². The van der Waals surface area contributed by atoms with Gasteiger partial charge in [0.1, 0.15) is 0 Å². The number of hydrogen-bond donors (Lipinski definition) is 2. The molecule has 1 aromatic rings. The zero-order valence-corrected chi connectivity index (χ0v) is 9.72. The summed E-state index contributed by atoms with van der Waals surface area (Å²) in [5, 5.41) is 13.5. The fourth-order valence-electron chi connectivity index (χ4n) is 2.13. The molecule has 0 aliphatic heterocycles. The van der Waals surface area contributed by atoms with E-state index in [0.29, 0.717) is 6.54 Å². The Morgan fingerprint density at radius 1 is 1.40 bits per heavy atom. The molecule has 2 N–H and O–H groups in total. The average Bonchev–Trinajstić information content (AvgIpc) is 2.71. The fraction of sp³-hybridized carbons (Fsp3) is 0.727. The number of rotatable bonds is 4. The van der Waals surface area contributed by atoms with Crippen molar-refractivity contribution in [3.63, 3.8) is 0 Å². The Labute approximate surface area is 94.5 Å². The van der Waals surface area contributed by atoms with Gasteiger partial charge < -0.3 is 10.4 Å². The van der Waals surface area contributed by atoms with E-state index in [1.54, 1.807) is 11.3 Å². The summed E-state index contributed by atoms with van der Waals surface area (Å²) in [6.07, 6.45) is 7.38. The SMILES string of the molecule is OC1(CNCc2cncs2)CCCCC1. The Morgan fingerprint density at radius 3 is 2.87 bits per heavy atom. The average molecular weight is 226 g/mol. The van der Waals surface area contributed by atoms with Gasteiger partial charge >= 0.3 is 0 Å². The van der Waals surface area contributed by atoms with Crippen molar-refractivity contribution < 1.29 is 5.11 Å². The van der Waals surface area contributed by atoms with E-state index in [2.05, 4.69) is 10.3 Å². The summed E-state index contributed by atoms with van der Waals surface area (Å²) in [5.41, 5.74) is 1.38. The van der Waals surface area contributed by atoms with Gasteiger partial charge in [-0.05, 0) is 12.8 Å². The van der Waals surface area contributed by atoms with E-state index in [1.807, 2.05) is 11.7 Å². The molecule has 84 valence electrons. The minimum absolute atomic E-state index is 0.455. The van der Waals surface area contributed by atoms with Gasteiger partial charge in [-0.25, -0.2) is 0 Å². The largest absolute Gasteiger partial charge is 0.389 e. The van der Waals surface area contributed by atoms with Gasteiger partial charge in [0.15, 0.2) is 0 Å². The first-order valence-electron chi connectivity index (χ1n) is 5.59. The van der Waals surface area contributed by atoms with Crippen molar-refractivity contribution >= 4 is 11.3 Å². The zero-order chi connectivity index (χ0) is 10.6. The zero-order valence-electron chi connectivity index (χ0n) is 8.91. The van der Waals surface area contributed by atoms with Crippen LogP contribution in [-0.4, -0.2) is 22.2 Å². The van der Waals surface area contributed by atoms with Crippen molar-refractivity contribution in [2.24, 2.45) is 0 Å². The number of nitrogens with zero attached hydrogens (tertiary/aromatic N) is 1. The number of aromatic nitrogens is 1. The highest BCUT2D eigenvalue weighted by atomic mass is 32.1. The van der Waals surface area contributed by atoms with Crippen molar-refractivity contribution in [2.45, 2.75) is 44.2 Å². The lowest BCUT2D eigenvalue weighted by molar-refractivity contribution is 0.00472. The molecule has 0 aromatic carbocycles. The molecule has 15 heavy (non-hydrogen) atoms. The molecule has 1 heterocycles. The summed E-state index contributed by atoms with van der Waals surface area (Å²) in [6, 6.07) is 0. The maximum Gasteiger partial charge on any atom is 0.0794 e. The van der Waals surface area contributed by atoms with Crippen molar-refractivity contribution in [1.29, 1.82) is 0 Å². The maximum atomic E-state index is 10.2. The summed E-state index contributed by atoms with van der Waals surface area (Å²) in [6.45, 7) is 1.54. The lowest BCUT2D eigenvalue weighted by Crippen LogP contribution is -2.41. The minimum Gasteiger partial charge on any atom is -0.389 e. The number of hydrogen-bond acceptors (Lipinski definition) is 4. The predicted molar refractivity (Wildman–Crippen MR) is 61.9 cm³/mol. The van der Waals surface area contributed by atoms with E-state index >= 15 is 0 Å². The van der Waals surface area contributed by atoms with Crippen LogP contribution in [0.2, 0.25) is 0 Å². The molecule has 1 fully saturated rings. The maximum absolute atomic E-state index is 10.2. The molecule has 1 aliphatic rings. The molecule has 1 aromatic heterocycles. The van der Waals surface area contributed by atoms with E-state index < -0.39 is 5.60 Å². The summed E-state index contributed by atoms with van der Waals surface area (Å²) in [5.74, 6) is 0. The molecule has 4 heteroatoms. The standard InChI is InChI=1S/C11H18N2OS/c14-11(4-2-1-3-5-11)8-12-6-10-7-13-9-15-10/h7,9,12,14H,1-6,8H2. The Balaban J connectivity index is 1.72. The monoisotopic (exact) mass is 226 g/mol. The third-order valence-corrected chi connectivity index (χ3v) is 3.80. The molecule has 1 saturated carbocycles. The first-order valence-corrected chi connectivity index (χ1v) is 6.47. The Kier molecular flexibility index (Phi) is 3.72. The van der Waals surface area contributed by atoms with E-state index in [4.69, 9.17) is 0 Å². The molecule has 0 atom stereocenters. The highest BCUT2D eigenvalue weighted by Crippen LogP contribution is 2.27. The Morgan fingerprint density at radius 2 is 2.20 bits per heavy atom. The van der Waals surface area contributed by atoms with Gasteiger partial charge in [0.25, 0.3) is 0 Å². The van der Waals surface area contributed by atoms with Crippen LogP contribution in [-0.2, 0) is 6.54 Å². The van der Waals surface area contributed by atoms with E-state index in [0.717, 1.165) is 19.4 Å². The van der Waals surface area contributed by atoms with Crippen molar-refractivity contribution in [3.05, 3.63) is 16.6 Å². The van der Waals surface area contributed by atoms with Gasteiger partial charge in [0, 0.05) is 24.2 Å². The highest BCUT2D eigenvalue weighted by molar-refractivity contribution is 7.09. The second-order valence-corrected chi connectivity index (χ2v) is 5.33. The van der Waals surface area contributed by atoms with Gasteiger partial charge in [-0.1, -0.05) is 19.3 Å². The van der Waals surface area contributed by atoms with Gasteiger partial charge in [0.2, 0.25) is 0 Å². The summed E-state index contributed by atoms with van der Waals surface area (Å²) >= 11 is 1.65. The van der Waals surface area contributed by atoms with Crippen molar-refractivity contribution in [3.8, 4) is 0 Å². The third kappa shape index (κ3) is 3.26. The quantitative estimate of drug-likeness (QED) is 0.824. The van der Waals surface area contributed by atoms with Crippen LogP contribution in [0.4, 0.5) is 0 Å². The second-order valence-electron chi connectivity index (χ2n) is 4.36. The second kappa shape index (κ2) is 5.05. The molecule has 2 rings (SSSR count). The Bertz CT molecular complexity index is 281. The topological polar surface area (TPSA) is 45.1 Å². The first kappa shape index (κ1) is 11.0. The molecule has 0 radical (unpaired) electrons. The van der Waals surface area contributed by atoms with Crippen LogP contribution in [0.3, 0.4) is 0 Å². The smallest absolute Gasteiger partial charge is 0.0794 e. The molecule has 0 amide bonds. The van der Waals surface area contributed by atoms with Crippen molar-refractivity contribution in [1.82, 2.24) is 10.3 Å². The number of thiazole rings is 1. The van der Waals surface area contributed by atoms with Crippen LogP contribution in [0.15, 0.2) is 11.7 Å². The van der Waals surface area contributed by atoms with Crippen LogP contribution in [0.25, 0.3) is 0 Å². The molecular formula is C11H18N2OS. The van der Waals surface area contributed by atoms with Crippen LogP contribution in [0.1, 0.15) is 37.0 Å². The van der Waals surface area contributed by atoms with E-state index in [9.17, 15) is 5.11 Å². The molecule has 0 unspecified atom stereocenters. The normalized spacial score (nSPS) is 20.3. The van der Waals surface area contributed by atoms with Crippen LogP contribution >= 0.6 is 11.3 Å². The molecule has 0 bridgehead atoms. The summed E-state index contributed by atoms with van der Waals surface area (Å²) < 4.78 is 0. The summed E-state index contributed by atoms with van der Waals surface area (Å²) in [4.78, 5) is 5.25. The van der Waals surface area contributed by atoms with E-state index in [1.165, 1.54) is 24.1 Å². The number of aliphatic hydroxyl groups is 1. The molecule has 0 spiro atoms. The first-order chi connectivity index (χ1) is 7.29. The van der Waals surface area contributed by atoms with Crippen LogP contribution in [0, 0.1) is 0 Å². The van der Waals surface area contributed by atoms with Crippen LogP contribution in [0.5, 0.6) is 0 Å². The molecule has 0 saturated heterocycles. The van der Waals surface area contributed by atoms with Crippen molar-refractivity contribution in [2.75, 3.05) is 6.54 Å². The van der Waals surface area contributed by atoms with Crippen LogP contribution < -0.4 is 5.32 Å². The predicted octanol–water partition coefficient (Wildman–Crippen LogP) is 1.93. The highest BCUT2D eigenvalue weighted by Gasteiger charge is 2.28. The molecular weight excluding hydrogens is 208 g/mol. The third-order valence-electron chi connectivity index (χ3n) is 3.02. The molecule has 3 nitrogen and oxygen atoms in total. The van der Waals surface area contributed by atoms with E-state index in [-0.39, 0.29) is 0 Å². The van der Waals surface area contributed by atoms with Gasteiger partial charge in [0.05, 0.1) is 11.1 Å². The van der Waals surface area contributed by atoms with Gasteiger partial charge in [-0.2, -0.15) is 0 Å².